The van der Waals surface area contributed by atoms with Crippen LogP contribution in [0.4, 0.5) is 5.95 Å². The zero-order valence-electron chi connectivity index (χ0n) is 10.6. The molecule has 0 aromatic carbocycles. The number of nitrogens with two attached hydrogens (primary N) is 1. The minimum atomic E-state index is 0.510. The molecule has 1 aliphatic rings. The van der Waals surface area contributed by atoms with Gasteiger partial charge >= 0.3 is 0 Å². The van der Waals surface area contributed by atoms with Crippen molar-refractivity contribution in [1.29, 1.82) is 0 Å². The molecule has 1 fully saturated rings. The van der Waals surface area contributed by atoms with Crippen LogP contribution < -0.4 is 10.6 Å². The highest BCUT2D eigenvalue weighted by Crippen LogP contribution is 2.24. The van der Waals surface area contributed by atoms with Crippen LogP contribution >= 0.6 is 0 Å². The molecular weight excluding hydrogens is 212 g/mol. The third-order valence-electron chi connectivity index (χ3n) is 3.54. The number of nitrogens with zero attached hydrogens (tertiary/aromatic N) is 3. The number of hydrogen-bond donors (Lipinski definition) is 1. The highest BCUT2D eigenvalue weighted by atomic mass is 15.3. The molecule has 4 heteroatoms. The van der Waals surface area contributed by atoms with Gasteiger partial charge < -0.3 is 10.6 Å². The Morgan fingerprint density at radius 2 is 1.88 bits per heavy atom. The average molecular weight is 234 g/mol. The van der Waals surface area contributed by atoms with E-state index < -0.39 is 0 Å². The predicted octanol–water partition coefficient (Wildman–Crippen LogP) is 2.09. The number of aromatic nitrogens is 2. The quantitative estimate of drug-likeness (QED) is 0.866. The fourth-order valence-corrected chi connectivity index (χ4v) is 2.56. The van der Waals surface area contributed by atoms with Crippen molar-refractivity contribution in [1.82, 2.24) is 9.97 Å². The first-order valence-electron chi connectivity index (χ1n) is 6.62. The number of rotatable bonds is 4. The second-order valence-electron chi connectivity index (χ2n) is 4.67. The van der Waals surface area contributed by atoms with E-state index >= 15 is 0 Å². The second-order valence-corrected chi connectivity index (χ2v) is 4.67. The maximum absolute atomic E-state index is 5.56. The Kier molecular flexibility index (Phi) is 4.31. The van der Waals surface area contributed by atoms with E-state index in [4.69, 9.17) is 5.73 Å². The minimum Gasteiger partial charge on any atom is -0.338 e. The van der Waals surface area contributed by atoms with Gasteiger partial charge in [0.15, 0.2) is 0 Å². The molecule has 0 bridgehead atoms. The van der Waals surface area contributed by atoms with Gasteiger partial charge in [0.1, 0.15) is 0 Å². The van der Waals surface area contributed by atoms with E-state index in [0.717, 1.165) is 18.1 Å². The van der Waals surface area contributed by atoms with Crippen LogP contribution in [0.5, 0.6) is 0 Å². The van der Waals surface area contributed by atoms with Gasteiger partial charge in [0.2, 0.25) is 5.95 Å². The van der Waals surface area contributed by atoms with Crippen molar-refractivity contribution >= 4 is 5.95 Å². The lowest BCUT2D eigenvalue weighted by molar-refractivity contribution is 0.414. The fourth-order valence-electron chi connectivity index (χ4n) is 2.56. The summed E-state index contributed by atoms with van der Waals surface area (Å²) in [7, 11) is 0. The molecule has 1 heterocycles. The summed E-state index contributed by atoms with van der Waals surface area (Å²) in [5.41, 5.74) is 6.55. The van der Waals surface area contributed by atoms with Crippen LogP contribution in [0.3, 0.4) is 0 Å². The summed E-state index contributed by atoms with van der Waals surface area (Å²) in [6.45, 7) is 3.66. The normalized spacial score (nSPS) is 17.1. The predicted molar refractivity (Wildman–Crippen MR) is 69.8 cm³/mol. The zero-order chi connectivity index (χ0) is 12.1. The number of hydrogen-bond acceptors (Lipinski definition) is 4. The van der Waals surface area contributed by atoms with Crippen molar-refractivity contribution < 1.29 is 0 Å². The summed E-state index contributed by atoms with van der Waals surface area (Å²) in [5, 5.41) is 0. The van der Waals surface area contributed by atoms with Crippen molar-refractivity contribution in [2.45, 2.75) is 51.6 Å². The van der Waals surface area contributed by atoms with Gasteiger partial charge in [-0.2, -0.15) is 0 Å². The Labute approximate surface area is 103 Å². The Morgan fingerprint density at radius 3 is 2.41 bits per heavy atom. The van der Waals surface area contributed by atoms with E-state index in [9.17, 15) is 0 Å². The Balaban J connectivity index is 2.10. The van der Waals surface area contributed by atoms with E-state index in [-0.39, 0.29) is 0 Å². The molecule has 0 spiro atoms. The highest BCUT2D eigenvalue weighted by Gasteiger charge is 2.21. The monoisotopic (exact) mass is 234 g/mol. The molecule has 4 nitrogen and oxygen atoms in total. The van der Waals surface area contributed by atoms with Gasteiger partial charge in [-0.25, -0.2) is 9.97 Å². The molecule has 1 aromatic rings. The van der Waals surface area contributed by atoms with Gasteiger partial charge in [-0.1, -0.05) is 19.3 Å². The lowest BCUT2D eigenvalue weighted by Crippen LogP contribution is -2.37. The molecule has 0 aliphatic heterocycles. The Morgan fingerprint density at radius 1 is 1.24 bits per heavy atom. The van der Waals surface area contributed by atoms with E-state index in [1.807, 2.05) is 12.4 Å². The van der Waals surface area contributed by atoms with Gasteiger partial charge in [0.25, 0.3) is 0 Å². The van der Waals surface area contributed by atoms with Gasteiger partial charge in [-0.15, -0.1) is 0 Å². The van der Waals surface area contributed by atoms with Crippen LogP contribution in [0.15, 0.2) is 12.4 Å². The SMILES string of the molecule is CCN(c1ncc(CN)cn1)C1CCCCC1. The summed E-state index contributed by atoms with van der Waals surface area (Å²) in [6, 6.07) is 0.623. The van der Waals surface area contributed by atoms with Gasteiger partial charge in [0.05, 0.1) is 0 Å². The molecule has 1 aromatic heterocycles. The molecular formula is C13H22N4. The zero-order valence-corrected chi connectivity index (χ0v) is 10.6. The van der Waals surface area contributed by atoms with Crippen LogP contribution in [0, 0.1) is 0 Å². The maximum Gasteiger partial charge on any atom is 0.225 e. The third-order valence-corrected chi connectivity index (χ3v) is 3.54. The van der Waals surface area contributed by atoms with Crippen LogP contribution in [0.25, 0.3) is 0 Å². The van der Waals surface area contributed by atoms with Crippen LogP contribution in [-0.4, -0.2) is 22.6 Å². The Hall–Kier alpha value is -1.16. The summed E-state index contributed by atoms with van der Waals surface area (Å²) < 4.78 is 0. The summed E-state index contributed by atoms with van der Waals surface area (Å²) >= 11 is 0. The van der Waals surface area contributed by atoms with Gasteiger partial charge in [0, 0.05) is 37.1 Å². The van der Waals surface area contributed by atoms with Crippen molar-refractivity contribution in [3.63, 3.8) is 0 Å². The van der Waals surface area contributed by atoms with Crippen LogP contribution in [-0.2, 0) is 6.54 Å². The van der Waals surface area contributed by atoms with E-state index in [1.165, 1.54) is 32.1 Å². The van der Waals surface area contributed by atoms with Crippen molar-refractivity contribution in [2.75, 3.05) is 11.4 Å². The van der Waals surface area contributed by atoms with Crippen molar-refractivity contribution in [2.24, 2.45) is 5.73 Å². The molecule has 94 valence electrons. The molecule has 2 N–H and O–H groups in total. The molecule has 2 rings (SSSR count). The summed E-state index contributed by atoms with van der Waals surface area (Å²) in [5.74, 6) is 0.858. The van der Waals surface area contributed by atoms with Gasteiger partial charge in [-0.3, -0.25) is 0 Å². The highest BCUT2D eigenvalue weighted by molar-refractivity contribution is 5.31. The molecule has 1 aliphatic carbocycles. The first-order valence-corrected chi connectivity index (χ1v) is 6.62. The fraction of sp³-hybridized carbons (Fsp3) is 0.692. The number of anilines is 1. The van der Waals surface area contributed by atoms with Gasteiger partial charge in [-0.05, 0) is 19.8 Å². The largest absolute Gasteiger partial charge is 0.338 e. The van der Waals surface area contributed by atoms with Crippen LogP contribution in [0.2, 0.25) is 0 Å². The molecule has 1 saturated carbocycles. The van der Waals surface area contributed by atoms with E-state index in [1.54, 1.807) is 0 Å². The van der Waals surface area contributed by atoms with Crippen molar-refractivity contribution in [3.8, 4) is 0 Å². The van der Waals surface area contributed by atoms with E-state index in [0.29, 0.717) is 12.6 Å². The Bertz CT molecular complexity index is 330. The molecule has 0 atom stereocenters. The molecule has 0 unspecified atom stereocenters. The second kappa shape index (κ2) is 5.96. The summed E-state index contributed by atoms with van der Waals surface area (Å²) in [6.07, 6.45) is 10.3. The topological polar surface area (TPSA) is 55.0 Å². The lowest BCUT2D eigenvalue weighted by atomic mass is 9.94. The lowest BCUT2D eigenvalue weighted by Gasteiger charge is -2.33. The minimum absolute atomic E-state index is 0.510. The first kappa shape index (κ1) is 12.3. The van der Waals surface area contributed by atoms with E-state index in [2.05, 4.69) is 21.8 Å². The first-order chi connectivity index (χ1) is 8.35. The van der Waals surface area contributed by atoms with Crippen molar-refractivity contribution in [3.05, 3.63) is 18.0 Å². The third kappa shape index (κ3) is 2.94. The molecule has 0 saturated heterocycles. The summed E-state index contributed by atoms with van der Waals surface area (Å²) in [4.78, 5) is 11.2. The molecule has 0 amide bonds. The molecule has 0 radical (unpaired) electrons. The molecule has 17 heavy (non-hydrogen) atoms. The standard InChI is InChI=1S/C13H22N4/c1-2-17(12-6-4-3-5-7-12)13-15-9-11(8-14)10-16-13/h9-10,12H,2-8,14H2,1H3. The maximum atomic E-state index is 5.56. The average Bonchev–Trinajstić information content (AvgIpc) is 2.42. The van der Waals surface area contributed by atoms with Crippen LogP contribution in [0.1, 0.15) is 44.6 Å². The smallest absolute Gasteiger partial charge is 0.225 e.